The molecule has 166 valence electrons. The summed E-state index contributed by atoms with van der Waals surface area (Å²) in [5.74, 6) is 0.916. The van der Waals surface area contributed by atoms with Gasteiger partial charge in [0.15, 0.2) is 11.5 Å². The fourth-order valence-electron chi connectivity index (χ4n) is 3.48. The molecule has 0 aliphatic carbocycles. The molecule has 7 nitrogen and oxygen atoms in total. The first-order valence-corrected chi connectivity index (χ1v) is 12.0. The number of benzene rings is 3. The molecule has 0 radical (unpaired) electrons. The van der Waals surface area contributed by atoms with E-state index in [9.17, 15) is 13.2 Å². The Morgan fingerprint density at radius 1 is 0.969 bits per heavy atom. The van der Waals surface area contributed by atoms with Crippen LogP contribution in [0.25, 0.3) is 0 Å². The summed E-state index contributed by atoms with van der Waals surface area (Å²) >= 11 is 0. The van der Waals surface area contributed by atoms with E-state index in [1.165, 1.54) is 4.31 Å². The smallest absolute Gasteiger partial charge is 0.253 e. The number of carbonyl (C=O) groups is 1. The number of para-hydroxylation sites is 3. The van der Waals surface area contributed by atoms with Gasteiger partial charge in [0.05, 0.1) is 30.6 Å². The minimum absolute atomic E-state index is 0.125. The van der Waals surface area contributed by atoms with Crippen molar-refractivity contribution in [3.63, 3.8) is 0 Å². The zero-order valence-electron chi connectivity index (χ0n) is 17.6. The van der Waals surface area contributed by atoms with E-state index in [4.69, 9.17) is 9.47 Å². The number of fused-ring (bicyclic) bond motifs is 1. The lowest BCUT2D eigenvalue weighted by molar-refractivity contribution is 0.0789. The quantitative estimate of drug-likeness (QED) is 0.595. The zero-order valence-corrected chi connectivity index (χ0v) is 18.4. The van der Waals surface area contributed by atoms with E-state index >= 15 is 0 Å². The summed E-state index contributed by atoms with van der Waals surface area (Å²) in [5.41, 5.74) is 1.41. The number of anilines is 1. The standard InChI is InChI=1S/C24H24N2O5S/c1-32(28,29)26(16-18-9-3-2-4-10-18)21-12-6-5-11-20(21)24(27)25-15-19-17-30-22-13-7-8-14-23(22)31-19/h2-14,19H,15-17H2,1H3,(H,25,27)/t19-/m0/s1. The molecule has 1 N–H and O–H groups in total. The lowest BCUT2D eigenvalue weighted by Crippen LogP contribution is -2.41. The minimum atomic E-state index is -3.63. The first-order valence-electron chi connectivity index (χ1n) is 10.2. The molecule has 3 aromatic carbocycles. The number of carbonyl (C=O) groups excluding carboxylic acids is 1. The van der Waals surface area contributed by atoms with Crippen molar-refractivity contribution in [1.29, 1.82) is 0 Å². The Balaban J connectivity index is 1.51. The number of hydrogen-bond donors (Lipinski definition) is 1. The molecule has 0 aromatic heterocycles. The molecule has 1 aliphatic rings. The number of ether oxygens (including phenoxy) is 2. The molecular weight excluding hydrogens is 428 g/mol. The predicted molar refractivity (Wildman–Crippen MR) is 123 cm³/mol. The fraction of sp³-hybridized carbons (Fsp3) is 0.208. The van der Waals surface area contributed by atoms with Gasteiger partial charge < -0.3 is 14.8 Å². The summed E-state index contributed by atoms with van der Waals surface area (Å²) in [6.07, 6.45) is 0.784. The van der Waals surface area contributed by atoms with E-state index in [2.05, 4.69) is 5.32 Å². The van der Waals surface area contributed by atoms with Crippen LogP contribution in [0.2, 0.25) is 0 Å². The maximum atomic E-state index is 13.0. The summed E-state index contributed by atoms with van der Waals surface area (Å²) in [5, 5.41) is 2.84. The molecule has 0 saturated carbocycles. The van der Waals surface area contributed by atoms with Crippen LogP contribution in [0.5, 0.6) is 11.5 Å². The van der Waals surface area contributed by atoms with Crippen molar-refractivity contribution in [3.05, 3.63) is 90.0 Å². The molecule has 3 aromatic rings. The maximum Gasteiger partial charge on any atom is 0.253 e. The molecule has 0 fully saturated rings. The molecule has 1 aliphatic heterocycles. The first-order chi connectivity index (χ1) is 15.4. The van der Waals surface area contributed by atoms with Crippen molar-refractivity contribution >= 4 is 21.6 Å². The number of rotatable bonds is 7. The molecular formula is C24H24N2O5S. The summed E-state index contributed by atoms with van der Waals surface area (Å²) < 4.78 is 38.0. The second-order valence-electron chi connectivity index (χ2n) is 7.48. The number of sulfonamides is 1. The summed E-state index contributed by atoms with van der Waals surface area (Å²) in [6, 6.07) is 23.3. The molecule has 0 saturated heterocycles. The topological polar surface area (TPSA) is 84.9 Å². The predicted octanol–water partition coefficient (Wildman–Crippen LogP) is 3.22. The van der Waals surface area contributed by atoms with Gasteiger partial charge in [-0.3, -0.25) is 9.10 Å². The normalized spacial score (nSPS) is 15.1. The zero-order chi connectivity index (χ0) is 22.6. The van der Waals surface area contributed by atoms with Gasteiger partial charge in [0, 0.05) is 0 Å². The summed E-state index contributed by atoms with van der Waals surface area (Å²) in [7, 11) is -3.63. The largest absolute Gasteiger partial charge is 0.486 e. The minimum Gasteiger partial charge on any atom is -0.486 e. The van der Waals surface area contributed by atoms with Crippen LogP contribution in [0, 0.1) is 0 Å². The van der Waals surface area contributed by atoms with E-state index in [0.717, 1.165) is 11.8 Å². The highest BCUT2D eigenvalue weighted by atomic mass is 32.2. The van der Waals surface area contributed by atoms with Crippen LogP contribution in [-0.2, 0) is 16.6 Å². The third-order valence-corrected chi connectivity index (χ3v) is 6.17. The first kappa shape index (κ1) is 21.7. The SMILES string of the molecule is CS(=O)(=O)N(Cc1ccccc1)c1ccccc1C(=O)NC[C@H]1COc2ccccc2O1. The maximum absolute atomic E-state index is 13.0. The average Bonchev–Trinajstić information content (AvgIpc) is 2.81. The van der Waals surface area contributed by atoms with Crippen molar-refractivity contribution in [2.24, 2.45) is 0 Å². The van der Waals surface area contributed by atoms with Gasteiger partial charge in [-0.25, -0.2) is 8.42 Å². The van der Waals surface area contributed by atoms with Crippen molar-refractivity contribution in [3.8, 4) is 11.5 Å². The van der Waals surface area contributed by atoms with E-state index < -0.39 is 10.0 Å². The van der Waals surface area contributed by atoms with Crippen molar-refractivity contribution in [2.45, 2.75) is 12.6 Å². The average molecular weight is 453 g/mol. The molecule has 32 heavy (non-hydrogen) atoms. The van der Waals surface area contributed by atoms with Crippen LogP contribution in [0.3, 0.4) is 0 Å². The van der Waals surface area contributed by atoms with Gasteiger partial charge >= 0.3 is 0 Å². The van der Waals surface area contributed by atoms with Crippen LogP contribution >= 0.6 is 0 Å². The fourth-order valence-corrected chi connectivity index (χ4v) is 4.38. The van der Waals surface area contributed by atoms with Gasteiger partial charge in [0.25, 0.3) is 5.91 Å². The Bertz CT molecular complexity index is 1200. The lowest BCUT2D eigenvalue weighted by atomic mass is 10.1. The molecule has 0 unspecified atom stereocenters. The van der Waals surface area contributed by atoms with Gasteiger partial charge in [0.1, 0.15) is 12.7 Å². The Hall–Kier alpha value is -3.52. The van der Waals surface area contributed by atoms with Crippen LogP contribution in [0.4, 0.5) is 5.69 Å². The van der Waals surface area contributed by atoms with Crippen LogP contribution in [0.15, 0.2) is 78.9 Å². The highest BCUT2D eigenvalue weighted by molar-refractivity contribution is 7.92. The van der Waals surface area contributed by atoms with Crippen molar-refractivity contribution in [2.75, 3.05) is 23.7 Å². The Morgan fingerprint density at radius 2 is 1.62 bits per heavy atom. The number of nitrogens with zero attached hydrogens (tertiary/aromatic N) is 1. The van der Waals surface area contributed by atoms with E-state index in [1.807, 2.05) is 54.6 Å². The molecule has 1 amide bonds. The lowest BCUT2D eigenvalue weighted by Gasteiger charge is -2.27. The summed E-state index contributed by atoms with van der Waals surface area (Å²) in [6.45, 7) is 0.655. The third kappa shape index (κ3) is 5.03. The number of nitrogens with one attached hydrogen (secondary N) is 1. The second kappa shape index (κ2) is 9.32. The molecule has 0 bridgehead atoms. The van der Waals surface area contributed by atoms with Gasteiger partial charge in [-0.05, 0) is 29.8 Å². The van der Waals surface area contributed by atoms with Crippen molar-refractivity contribution in [1.82, 2.24) is 5.32 Å². The Kier molecular flexibility index (Phi) is 6.32. The van der Waals surface area contributed by atoms with E-state index in [-0.39, 0.29) is 30.7 Å². The van der Waals surface area contributed by atoms with E-state index in [1.54, 1.807) is 24.3 Å². The molecule has 8 heteroatoms. The molecule has 1 heterocycles. The van der Waals surface area contributed by atoms with Crippen LogP contribution < -0.4 is 19.1 Å². The molecule has 4 rings (SSSR count). The third-order valence-electron chi connectivity index (χ3n) is 5.04. The Morgan fingerprint density at radius 3 is 2.38 bits per heavy atom. The van der Waals surface area contributed by atoms with Gasteiger partial charge in [0.2, 0.25) is 10.0 Å². The number of amides is 1. The van der Waals surface area contributed by atoms with Gasteiger partial charge in [-0.1, -0.05) is 54.6 Å². The second-order valence-corrected chi connectivity index (χ2v) is 9.39. The van der Waals surface area contributed by atoms with Crippen LogP contribution in [-0.4, -0.2) is 39.8 Å². The highest BCUT2D eigenvalue weighted by Crippen LogP contribution is 2.31. The van der Waals surface area contributed by atoms with Crippen molar-refractivity contribution < 1.29 is 22.7 Å². The number of hydrogen-bond acceptors (Lipinski definition) is 5. The molecule has 0 spiro atoms. The van der Waals surface area contributed by atoms with Gasteiger partial charge in [-0.15, -0.1) is 0 Å². The van der Waals surface area contributed by atoms with Crippen LogP contribution in [0.1, 0.15) is 15.9 Å². The highest BCUT2D eigenvalue weighted by Gasteiger charge is 2.25. The Labute approximate surface area is 187 Å². The monoisotopic (exact) mass is 452 g/mol. The summed E-state index contributed by atoms with van der Waals surface area (Å²) in [4.78, 5) is 13.0. The van der Waals surface area contributed by atoms with E-state index in [0.29, 0.717) is 23.8 Å². The van der Waals surface area contributed by atoms with Gasteiger partial charge in [-0.2, -0.15) is 0 Å². The molecule has 1 atom stereocenters.